The lowest BCUT2D eigenvalue weighted by molar-refractivity contribution is 0.115. The third-order valence-electron chi connectivity index (χ3n) is 1.34. The summed E-state index contributed by atoms with van der Waals surface area (Å²) in [7, 11) is 0. The molecule has 1 aromatic rings. The molecule has 4 heteroatoms. The van der Waals surface area contributed by atoms with Crippen molar-refractivity contribution in [2.45, 2.75) is 6.92 Å². The first-order chi connectivity index (χ1) is 6.24. The van der Waals surface area contributed by atoms with Crippen LogP contribution in [-0.4, -0.2) is 12.8 Å². The Kier molecular flexibility index (Phi) is 3.14. The number of carbonyl (C=O) groups is 1. The van der Waals surface area contributed by atoms with Crippen LogP contribution in [0.5, 0.6) is 11.5 Å². The second-order valence-electron chi connectivity index (χ2n) is 2.23. The fraction of sp³-hybridized carbons (Fsp3) is 0.222. The lowest BCUT2D eigenvalue weighted by Gasteiger charge is -2.06. The molecule has 0 heterocycles. The molecule has 0 aliphatic rings. The summed E-state index contributed by atoms with van der Waals surface area (Å²) in [6.07, 6.45) is -1.59. The van der Waals surface area contributed by atoms with Gasteiger partial charge in [0, 0.05) is 0 Å². The zero-order valence-electron chi connectivity index (χ0n) is 7.15. The first kappa shape index (κ1) is 9.38. The molecule has 0 amide bonds. The number of hydrogen-bond acceptors (Lipinski definition) is 3. The van der Waals surface area contributed by atoms with Gasteiger partial charge in [-0.25, -0.2) is 0 Å². The van der Waals surface area contributed by atoms with Gasteiger partial charge in [-0.1, -0.05) is 12.1 Å². The van der Waals surface area contributed by atoms with Gasteiger partial charge in [0.2, 0.25) is 0 Å². The zero-order chi connectivity index (χ0) is 9.68. The summed E-state index contributed by atoms with van der Waals surface area (Å²) in [4.78, 5) is 10.1. The van der Waals surface area contributed by atoms with Gasteiger partial charge in [-0.3, -0.25) is 0 Å². The van der Waals surface area contributed by atoms with Gasteiger partial charge >= 0.3 is 6.16 Å². The average molecular weight is 181 g/mol. The van der Waals surface area contributed by atoms with E-state index in [4.69, 9.17) is 4.74 Å². The van der Waals surface area contributed by atoms with E-state index in [1.807, 2.05) is 0 Å². The van der Waals surface area contributed by atoms with Gasteiger partial charge in [-0.15, -0.1) is 0 Å². The van der Waals surface area contributed by atoms with Crippen molar-refractivity contribution >= 4 is 6.16 Å². The fourth-order valence-corrected chi connectivity index (χ4v) is 0.899. The molecule has 0 N–H and O–H groups in total. The highest BCUT2D eigenvalue weighted by Gasteiger charge is 2.08. The Morgan fingerprint density at radius 2 is 1.92 bits per heavy atom. The molecule has 1 radical (unpaired) electrons. The first-order valence-corrected chi connectivity index (χ1v) is 3.84. The second-order valence-corrected chi connectivity index (χ2v) is 2.23. The summed E-state index contributed by atoms with van der Waals surface area (Å²) < 4.78 is 9.50. The van der Waals surface area contributed by atoms with Crippen molar-refractivity contribution in [2.75, 3.05) is 6.61 Å². The number of ether oxygens (including phenoxy) is 2. The van der Waals surface area contributed by atoms with Gasteiger partial charge in [0.15, 0.2) is 11.5 Å². The largest absolute Gasteiger partial charge is 0.555 e. The molecule has 0 saturated carbocycles. The molecule has 0 bridgehead atoms. The maximum absolute atomic E-state index is 10.1. The minimum absolute atomic E-state index is 0.157. The summed E-state index contributed by atoms with van der Waals surface area (Å²) in [6, 6.07) is 6.51. The summed E-state index contributed by atoms with van der Waals surface area (Å²) in [5.41, 5.74) is 0. The van der Waals surface area contributed by atoms with Crippen molar-refractivity contribution in [1.82, 2.24) is 0 Å². The van der Waals surface area contributed by atoms with E-state index in [1.165, 1.54) is 6.07 Å². The third kappa shape index (κ3) is 2.66. The number of hydrogen-bond donors (Lipinski definition) is 0. The van der Waals surface area contributed by atoms with E-state index in [0.29, 0.717) is 12.4 Å². The molecule has 69 valence electrons. The minimum Gasteiger partial charge on any atom is -0.490 e. The normalized spacial score (nSPS) is 9.31. The molecule has 1 aromatic carbocycles. The van der Waals surface area contributed by atoms with E-state index in [-0.39, 0.29) is 5.75 Å². The van der Waals surface area contributed by atoms with Gasteiger partial charge < -0.3 is 9.47 Å². The van der Waals surface area contributed by atoms with Crippen LogP contribution in [0, 0.1) is 0 Å². The Morgan fingerprint density at radius 3 is 2.46 bits per heavy atom. The lowest BCUT2D eigenvalue weighted by atomic mass is 10.3. The lowest BCUT2D eigenvalue weighted by Crippen LogP contribution is -2.03. The molecular weight excluding hydrogens is 172 g/mol. The summed E-state index contributed by atoms with van der Waals surface area (Å²) in [5, 5.41) is 10.1. The highest BCUT2D eigenvalue weighted by molar-refractivity contribution is 5.62. The molecule has 1 rings (SSSR count). The van der Waals surface area contributed by atoms with Gasteiger partial charge in [0.05, 0.1) is 6.61 Å². The van der Waals surface area contributed by atoms with E-state index >= 15 is 0 Å². The Morgan fingerprint density at radius 1 is 1.31 bits per heavy atom. The number of rotatable bonds is 3. The Hall–Kier alpha value is -1.71. The van der Waals surface area contributed by atoms with E-state index in [2.05, 4.69) is 4.74 Å². The molecule has 0 spiro atoms. The molecule has 0 aliphatic heterocycles. The summed E-state index contributed by atoms with van der Waals surface area (Å²) in [6.45, 7) is 2.25. The molecule has 0 aromatic heterocycles. The van der Waals surface area contributed by atoms with Gasteiger partial charge in [0.1, 0.15) is 0 Å². The van der Waals surface area contributed by atoms with Crippen LogP contribution in [0.3, 0.4) is 0 Å². The predicted molar refractivity (Wildman–Crippen MR) is 44.3 cm³/mol. The highest BCUT2D eigenvalue weighted by Crippen LogP contribution is 2.26. The molecule has 13 heavy (non-hydrogen) atoms. The standard InChI is InChI=1S/C9H9O4/c1-2-12-7-5-3-4-6-8(7)13-9(10)11/h3-6H,2H2,1H3. The zero-order valence-corrected chi connectivity index (χ0v) is 7.15. The van der Waals surface area contributed by atoms with Gasteiger partial charge in [-0.05, 0) is 19.1 Å². The van der Waals surface area contributed by atoms with Crippen LogP contribution >= 0.6 is 0 Å². The summed E-state index contributed by atoms with van der Waals surface area (Å²) in [5.74, 6) is 0.554. The Labute approximate surface area is 75.7 Å². The van der Waals surface area contributed by atoms with E-state index < -0.39 is 6.16 Å². The topological polar surface area (TPSA) is 55.4 Å². The van der Waals surface area contributed by atoms with Crippen molar-refractivity contribution in [3.05, 3.63) is 24.3 Å². The van der Waals surface area contributed by atoms with Crippen LogP contribution in [0.1, 0.15) is 6.92 Å². The fourth-order valence-electron chi connectivity index (χ4n) is 0.899. The summed E-state index contributed by atoms with van der Waals surface area (Å²) >= 11 is 0. The molecule has 4 nitrogen and oxygen atoms in total. The smallest absolute Gasteiger partial charge is 0.490 e. The van der Waals surface area contributed by atoms with E-state index in [9.17, 15) is 9.90 Å². The van der Waals surface area contributed by atoms with Crippen LogP contribution in [0.2, 0.25) is 0 Å². The first-order valence-electron chi connectivity index (χ1n) is 3.84. The second kappa shape index (κ2) is 4.35. The SMILES string of the molecule is CCOc1ccccc1OC([O])=O. The monoisotopic (exact) mass is 181 g/mol. The van der Waals surface area contributed by atoms with Crippen molar-refractivity contribution in [3.63, 3.8) is 0 Å². The molecule has 0 atom stereocenters. The maximum Gasteiger partial charge on any atom is 0.555 e. The minimum atomic E-state index is -1.59. The number of para-hydroxylation sites is 2. The van der Waals surface area contributed by atoms with Crippen LogP contribution < -0.4 is 9.47 Å². The molecule has 0 fully saturated rings. The van der Waals surface area contributed by atoms with Crippen molar-refractivity contribution in [2.24, 2.45) is 0 Å². The van der Waals surface area contributed by atoms with Crippen LogP contribution in [0.25, 0.3) is 0 Å². The van der Waals surface area contributed by atoms with Crippen molar-refractivity contribution < 1.29 is 19.4 Å². The predicted octanol–water partition coefficient (Wildman–Crippen LogP) is 2.01. The van der Waals surface area contributed by atoms with Crippen LogP contribution in [0.15, 0.2) is 24.3 Å². The number of carbonyl (C=O) groups excluding carboxylic acids is 1. The Bertz CT molecular complexity index is 295. The highest BCUT2D eigenvalue weighted by atomic mass is 16.7. The van der Waals surface area contributed by atoms with Crippen molar-refractivity contribution in [3.8, 4) is 11.5 Å². The van der Waals surface area contributed by atoms with Gasteiger partial charge in [-0.2, -0.15) is 9.90 Å². The Balaban J connectivity index is 2.84. The molecule has 0 aliphatic carbocycles. The average Bonchev–Trinajstić information content (AvgIpc) is 2.08. The number of benzene rings is 1. The molecule has 0 unspecified atom stereocenters. The van der Waals surface area contributed by atoms with E-state index in [0.717, 1.165) is 0 Å². The van der Waals surface area contributed by atoms with Gasteiger partial charge in [0.25, 0.3) is 0 Å². The van der Waals surface area contributed by atoms with Crippen molar-refractivity contribution in [1.29, 1.82) is 0 Å². The maximum atomic E-state index is 10.1. The van der Waals surface area contributed by atoms with Crippen LogP contribution in [-0.2, 0) is 5.11 Å². The van der Waals surface area contributed by atoms with E-state index in [1.54, 1.807) is 25.1 Å². The molecular formula is C9H9O4. The quantitative estimate of drug-likeness (QED) is 0.529. The van der Waals surface area contributed by atoms with Crippen LogP contribution in [0.4, 0.5) is 4.79 Å². The molecule has 0 saturated heterocycles. The third-order valence-corrected chi connectivity index (χ3v) is 1.34.